The van der Waals surface area contributed by atoms with Crippen molar-refractivity contribution in [1.29, 1.82) is 0 Å². The van der Waals surface area contributed by atoms with Crippen LogP contribution in [0.15, 0.2) is 38.8 Å². The zero-order valence-electron chi connectivity index (χ0n) is 18.1. The number of hydrogen-bond acceptors (Lipinski definition) is 1. The van der Waals surface area contributed by atoms with Gasteiger partial charge in [-0.2, -0.15) is 0 Å². The zero-order valence-corrected chi connectivity index (χ0v) is 20.5. The van der Waals surface area contributed by atoms with Gasteiger partial charge in [-0.1, -0.05) is 0 Å². The second-order valence-electron chi connectivity index (χ2n) is 8.78. The van der Waals surface area contributed by atoms with Gasteiger partial charge in [0.1, 0.15) is 0 Å². The molecule has 0 bridgehead atoms. The summed E-state index contributed by atoms with van der Waals surface area (Å²) in [6.07, 6.45) is 0. The van der Waals surface area contributed by atoms with E-state index >= 15 is 0 Å². The Bertz CT molecular complexity index is 787. The SMILES string of the molecule is CC1=C(C)C(C)[C]([Ti]([O]c2cc(C)cc(C(C)(C)C)c2)=[C](C)C)=C1C.Cl. The van der Waals surface area contributed by atoms with Crippen molar-refractivity contribution in [1.82, 2.24) is 0 Å². The Morgan fingerprint density at radius 3 is 1.96 bits per heavy atom. The Kier molecular flexibility index (Phi) is 7.74. The molecule has 1 aliphatic rings. The fraction of sp³-hybridized carbons (Fsp3) is 0.522. The summed E-state index contributed by atoms with van der Waals surface area (Å²) in [7, 11) is 0. The number of allylic oxidation sites excluding steroid dienone is 4. The predicted molar refractivity (Wildman–Crippen MR) is 114 cm³/mol. The minimum Gasteiger partial charge on any atom is -0.147 e. The summed E-state index contributed by atoms with van der Waals surface area (Å²) < 4.78 is 9.83. The first kappa shape index (κ1) is 23.4. The van der Waals surface area contributed by atoms with Crippen molar-refractivity contribution < 1.29 is 21.1 Å². The molecule has 1 nitrogen and oxygen atoms in total. The van der Waals surface area contributed by atoms with Gasteiger partial charge in [-0.3, -0.25) is 0 Å². The molecular weight excluding hydrogens is 376 g/mol. The number of benzene rings is 1. The maximum Gasteiger partial charge on any atom is -0.147 e. The van der Waals surface area contributed by atoms with Gasteiger partial charge < -0.3 is 0 Å². The van der Waals surface area contributed by atoms with Crippen molar-refractivity contribution in [3.63, 3.8) is 0 Å². The van der Waals surface area contributed by atoms with E-state index in [9.17, 15) is 0 Å². The summed E-state index contributed by atoms with van der Waals surface area (Å²) in [6, 6.07) is 6.74. The molecule has 1 unspecified atom stereocenters. The Morgan fingerprint density at radius 2 is 1.54 bits per heavy atom. The van der Waals surface area contributed by atoms with Crippen LogP contribution < -0.4 is 3.32 Å². The molecule has 144 valence electrons. The van der Waals surface area contributed by atoms with Crippen LogP contribution in [-0.4, -0.2) is 3.81 Å². The Morgan fingerprint density at radius 1 is 0.962 bits per heavy atom. The molecule has 1 aromatic rings. The third-order valence-corrected chi connectivity index (χ3v) is 9.61. The molecule has 1 atom stereocenters. The van der Waals surface area contributed by atoms with E-state index in [0.29, 0.717) is 5.92 Å². The minimum absolute atomic E-state index is 0. The molecule has 0 saturated heterocycles. The topological polar surface area (TPSA) is 9.23 Å². The van der Waals surface area contributed by atoms with Crippen LogP contribution in [0.5, 0.6) is 5.75 Å². The van der Waals surface area contributed by atoms with E-state index in [4.69, 9.17) is 3.32 Å². The first-order valence-corrected chi connectivity index (χ1v) is 11.5. The number of rotatable bonds is 3. The first-order valence-electron chi connectivity index (χ1n) is 9.29. The molecule has 0 fully saturated rings. The minimum atomic E-state index is -1.95. The maximum absolute atomic E-state index is 6.76. The molecule has 0 aromatic heterocycles. The number of hydrogen-bond donors (Lipinski definition) is 0. The summed E-state index contributed by atoms with van der Waals surface area (Å²) in [5.74, 6) is 1.58. The van der Waals surface area contributed by atoms with Gasteiger partial charge >= 0.3 is 161 Å². The molecular formula is C23H35ClOTi. The Balaban J connectivity index is 0.00000338. The van der Waals surface area contributed by atoms with Gasteiger partial charge in [-0.05, 0) is 0 Å². The van der Waals surface area contributed by atoms with Gasteiger partial charge in [0.05, 0.1) is 0 Å². The second kappa shape index (κ2) is 8.59. The van der Waals surface area contributed by atoms with Crippen molar-refractivity contribution in [2.45, 2.75) is 74.7 Å². The van der Waals surface area contributed by atoms with E-state index in [1.165, 1.54) is 31.7 Å². The van der Waals surface area contributed by atoms with Crippen LogP contribution in [0.3, 0.4) is 0 Å². The average molecular weight is 411 g/mol. The van der Waals surface area contributed by atoms with E-state index in [2.05, 4.69) is 87.4 Å². The average Bonchev–Trinajstić information content (AvgIpc) is 2.67. The molecule has 2 rings (SSSR count). The summed E-state index contributed by atoms with van der Waals surface area (Å²) in [6.45, 7) is 22.7. The number of aryl methyl sites for hydroxylation is 1. The summed E-state index contributed by atoms with van der Waals surface area (Å²) in [4.78, 5) is 0. The van der Waals surface area contributed by atoms with Gasteiger partial charge in [-0.25, -0.2) is 0 Å². The van der Waals surface area contributed by atoms with Gasteiger partial charge in [0, 0.05) is 0 Å². The zero-order chi connectivity index (χ0) is 19.1. The van der Waals surface area contributed by atoms with E-state index in [0.717, 1.165) is 5.75 Å². The fourth-order valence-electron chi connectivity index (χ4n) is 3.51. The molecule has 0 spiro atoms. The van der Waals surface area contributed by atoms with E-state index in [1.807, 2.05) is 0 Å². The van der Waals surface area contributed by atoms with Crippen LogP contribution >= 0.6 is 12.4 Å². The van der Waals surface area contributed by atoms with E-state index in [1.54, 1.807) is 3.88 Å². The smallest absolute Gasteiger partial charge is 0.147 e. The Labute approximate surface area is 173 Å². The summed E-state index contributed by atoms with van der Waals surface area (Å²) in [5, 5.41) is 0. The molecule has 0 aliphatic heterocycles. The maximum atomic E-state index is 6.76. The molecule has 0 radical (unpaired) electrons. The molecule has 0 amide bonds. The first-order chi connectivity index (χ1) is 11.4. The summed E-state index contributed by atoms with van der Waals surface area (Å²) >= 11 is -1.95. The van der Waals surface area contributed by atoms with Crippen LogP contribution in [-0.2, 0) is 23.2 Å². The molecule has 0 N–H and O–H groups in total. The molecule has 1 aliphatic carbocycles. The van der Waals surface area contributed by atoms with Crippen molar-refractivity contribution in [3.8, 4) is 5.75 Å². The van der Waals surface area contributed by atoms with Crippen molar-refractivity contribution >= 4 is 16.2 Å². The van der Waals surface area contributed by atoms with Crippen molar-refractivity contribution in [2.24, 2.45) is 5.92 Å². The molecule has 0 heterocycles. The van der Waals surface area contributed by atoms with Gasteiger partial charge in [0.25, 0.3) is 0 Å². The van der Waals surface area contributed by atoms with Crippen LogP contribution in [0.2, 0.25) is 0 Å². The fourth-order valence-corrected chi connectivity index (χ4v) is 7.18. The van der Waals surface area contributed by atoms with Crippen LogP contribution in [0.4, 0.5) is 0 Å². The van der Waals surface area contributed by atoms with E-state index < -0.39 is 17.8 Å². The van der Waals surface area contributed by atoms with E-state index in [-0.39, 0.29) is 17.8 Å². The van der Waals surface area contributed by atoms with Gasteiger partial charge in [-0.15, -0.1) is 12.4 Å². The quantitative estimate of drug-likeness (QED) is 0.483. The Hall–Kier alpha value is -0.626. The van der Waals surface area contributed by atoms with Crippen LogP contribution in [0, 0.1) is 12.8 Å². The largest absolute Gasteiger partial charge is 0.147 e. The standard InChI is InChI=1S/C11H16O.C9H13.C3H6.ClH.Ti/c1-8-5-9(11(2,3)4)7-10(12)6-8;1-6-5-7(2)9(4)8(6)3;1-3-2;;/h5-7,12H,1-4H3;6H,1-4H3;1-2H3;1H;/q;;;;+1/p-1. The molecule has 1 aromatic carbocycles. The second-order valence-corrected chi connectivity index (χ2v) is 12.5. The van der Waals surface area contributed by atoms with Crippen molar-refractivity contribution in [2.75, 3.05) is 0 Å². The monoisotopic (exact) mass is 410 g/mol. The van der Waals surface area contributed by atoms with Crippen LogP contribution in [0.1, 0.15) is 73.4 Å². The molecule has 26 heavy (non-hydrogen) atoms. The molecule has 3 heteroatoms. The normalized spacial score (nSPS) is 17.4. The van der Waals surface area contributed by atoms with Crippen LogP contribution in [0.25, 0.3) is 0 Å². The third kappa shape index (κ3) is 4.80. The van der Waals surface area contributed by atoms with Gasteiger partial charge in [0.2, 0.25) is 0 Å². The summed E-state index contributed by atoms with van der Waals surface area (Å²) in [5.41, 5.74) is 7.23. The predicted octanol–water partition coefficient (Wildman–Crippen LogP) is 7.10. The van der Waals surface area contributed by atoms with Gasteiger partial charge in [0.15, 0.2) is 0 Å². The molecule has 0 saturated carbocycles. The van der Waals surface area contributed by atoms with Crippen molar-refractivity contribution in [3.05, 3.63) is 49.9 Å². The number of halogens is 1. The third-order valence-electron chi connectivity index (χ3n) is 5.48.